The zero-order valence-electron chi connectivity index (χ0n) is 13.0. The van der Waals surface area contributed by atoms with Crippen LogP contribution < -0.4 is 4.90 Å². The first-order chi connectivity index (χ1) is 11.1. The highest BCUT2D eigenvalue weighted by atomic mass is 19.2. The summed E-state index contributed by atoms with van der Waals surface area (Å²) in [5.74, 6) is -1.16. The van der Waals surface area contributed by atoms with Crippen LogP contribution in [0.4, 0.5) is 14.6 Å². The first-order valence-corrected chi connectivity index (χ1v) is 7.80. The van der Waals surface area contributed by atoms with Gasteiger partial charge in [0, 0.05) is 44.4 Å². The van der Waals surface area contributed by atoms with Gasteiger partial charge >= 0.3 is 0 Å². The van der Waals surface area contributed by atoms with Crippen molar-refractivity contribution >= 4 is 16.9 Å². The lowest BCUT2D eigenvalue weighted by Gasteiger charge is -2.26. The molecule has 3 rings (SSSR count). The highest BCUT2D eigenvalue weighted by molar-refractivity contribution is 5.75. The Morgan fingerprint density at radius 3 is 2.61 bits per heavy atom. The van der Waals surface area contributed by atoms with Crippen LogP contribution in [-0.4, -0.2) is 58.8 Å². The summed E-state index contributed by atoms with van der Waals surface area (Å²) < 4.78 is 26.6. The molecule has 23 heavy (non-hydrogen) atoms. The Labute approximate surface area is 133 Å². The van der Waals surface area contributed by atoms with E-state index < -0.39 is 11.6 Å². The van der Waals surface area contributed by atoms with Crippen LogP contribution in [0.25, 0.3) is 11.0 Å². The quantitative estimate of drug-likeness (QED) is 0.934. The van der Waals surface area contributed by atoms with E-state index in [0.717, 1.165) is 44.7 Å². The molecule has 1 N–H and O–H groups in total. The molecular weight excluding hydrogens is 302 g/mol. The van der Waals surface area contributed by atoms with Crippen molar-refractivity contribution in [3.63, 3.8) is 0 Å². The summed E-state index contributed by atoms with van der Waals surface area (Å²) in [7, 11) is 0. The van der Waals surface area contributed by atoms with Crippen molar-refractivity contribution in [2.45, 2.75) is 19.4 Å². The van der Waals surface area contributed by atoms with Gasteiger partial charge in [0.05, 0.1) is 23.8 Å². The van der Waals surface area contributed by atoms with Crippen LogP contribution in [0.2, 0.25) is 0 Å². The van der Waals surface area contributed by atoms with Gasteiger partial charge < -0.3 is 10.0 Å². The molecule has 0 saturated carbocycles. The zero-order valence-corrected chi connectivity index (χ0v) is 13.0. The van der Waals surface area contributed by atoms with Crippen molar-refractivity contribution in [1.29, 1.82) is 0 Å². The number of nitrogens with zero attached hydrogens (tertiary/aromatic N) is 4. The molecule has 1 saturated heterocycles. The fourth-order valence-electron chi connectivity index (χ4n) is 2.87. The topological polar surface area (TPSA) is 52.5 Å². The zero-order chi connectivity index (χ0) is 16.4. The lowest BCUT2D eigenvalue weighted by atomic mass is 10.3. The molecule has 1 atom stereocenters. The van der Waals surface area contributed by atoms with E-state index in [1.54, 1.807) is 6.20 Å². The minimum atomic E-state index is -0.914. The maximum absolute atomic E-state index is 13.4. The fourth-order valence-corrected chi connectivity index (χ4v) is 2.87. The molecule has 5 nitrogen and oxygen atoms in total. The molecule has 7 heteroatoms. The van der Waals surface area contributed by atoms with Crippen molar-refractivity contribution in [3.05, 3.63) is 30.0 Å². The number of aliphatic hydroxyl groups is 1. The molecule has 1 aliphatic rings. The van der Waals surface area contributed by atoms with Crippen LogP contribution in [0.5, 0.6) is 0 Å². The monoisotopic (exact) mass is 322 g/mol. The van der Waals surface area contributed by atoms with Crippen molar-refractivity contribution in [3.8, 4) is 0 Å². The highest BCUT2D eigenvalue weighted by Crippen LogP contribution is 2.20. The standard InChI is InChI=1S/C16H20F2N4O/c1-11(10-23)21-3-2-4-22(6-5-21)16-9-19-14-7-12(17)13(18)8-15(14)20-16/h7-9,11,23H,2-6,10H2,1H3. The van der Waals surface area contributed by atoms with Gasteiger partial charge in [-0.3, -0.25) is 9.88 Å². The predicted octanol–water partition coefficient (Wildman–Crippen LogP) is 1.80. The van der Waals surface area contributed by atoms with Crippen LogP contribution in [0.3, 0.4) is 0 Å². The summed E-state index contributed by atoms with van der Waals surface area (Å²) >= 11 is 0. The molecular formula is C16H20F2N4O. The number of halogens is 2. The average Bonchev–Trinajstić information content (AvgIpc) is 2.81. The van der Waals surface area contributed by atoms with Gasteiger partial charge in [0.1, 0.15) is 5.82 Å². The first kappa shape index (κ1) is 16.0. The number of benzene rings is 1. The predicted molar refractivity (Wildman–Crippen MR) is 84.4 cm³/mol. The largest absolute Gasteiger partial charge is 0.395 e. The Bertz CT molecular complexity index is 697. The first-order valence-electron chi connectivity index (χ1n) is 7.80. The molecule has 1 aromatic carbocycles. The molecule has 1 unspecified atom stereocenters. The Morgan fingerprint density at radius 1 is 1.13 bits per heavy atom. The van der Waals surface area contributed by atoms with Gasteiger partial charge in [-0.2, -0.15) is 0 Å². The third-order valence-corrected chi connectivity index (χ3v) is 4.31. The molecule has 0 amide bonds. The maximum Gasteiger partial charge on any atom is 0.161 e. The number of anilines is 1. The van der Waals surface area contributed by atoms with Crippen LogP contribution >= 0.6 is 0 Å². The molecule has 2 aromatic rings. The fraction of sp³-hybridized carbons (Fsp3) is 0.500. The summed E-state index contributed by atoms with van der Waals surface area (Å²) in [6.45, 7) is 5.45. The van der Waals surface area contributed by atoms with Gasteiger partial charge in [-0.05, 0) is 13.3 Å². The highest BCUT2D eigenvalue weighted by Gasteiger charge is 2.20. The number of aromatic nitrogens is 2. The van der Waals surface area contributed by atoms with E-state index in [1.165, 1.54) is 0 Å². The van der Waals surface area contributed by atoms with Gasteiger partial charge in [-0.1, -0.05) is 0 Å². The molecule has 0 aliphatic carbocycles. The normalized spacial score (nSPS) is 18.2. The second kappa shape index (κ2) is 6.72. The molecule has 124 valence electrons. The minimum Gasteiger partial charge on any atom is -0.395 e. The lowest BCUT2D eigenvalue weighted by molar-refractivity contribution is 0.141. The Hall–Kier alpha value is -1.86. The Kier molecular flexibility index (Phi) is 4.68. The Morgan fingerprint density at radius 2 is 1.87 bits per heavy atom. The van der Waals surface area contributed by atoms with Crippen LogP contribution in [0.1, 0.15) is 13.3 Å². The molecule has 0 bridgehead atoms. The van der Waals surface area contributed by atoms with Crippen LogP contribution in [-0.2, 0) is 0 Å². The van der Waals surface area contributed by atoms with Crippen molar-refractivity contribution in [2.75, 3.05) is 37.7 Å². The lowest BCUT2D eigenvalue weighted by Crippen LogP contribution is -2.38. The van der Waals surface area contributed by atoms with Gasteiger partial charge in [-0.15, -0.1) is 0 Å². The minimum absolute atomic E-state index is 0.134. The molecule has 2 heterocycles. The number of aliphatic hydroxyl groups excluding tert-OH is 1. The van der Waals surface area contributed by atoms with Gasteiger partial charge in [-0.25, -0.2) is 13.8 Å². The van der Waals surface area contributed by atoms with E-state index in [0.29, 0.717) is 16.9 Å². The van der Waals surface area contributed by atoms with E-state index >= 15 is 0 Å². The van der Waals surface area contributed by atoms with E-state index in [9.17, 15) is 13.9 Å². The molecule has 1 aliphatic heterocycles. The van der Waals surface area contributed by atoms with Crippen molar-refractivity contribution in [1.82, 2.24) is 14.9 Å². The molecule has 0 radical (unpaired) electrons. The van der Waals surface area contributed by atoms with Crippen LogP contribution in [0, 0.1) is 11.6 Å². The second-order valence-corrected chi connectivity index (χ2v) is 5.89. The molecule has 1 fully saturated rings. The third kappa shape index (κ3) is 3.40. The number of hydrogen-bond acceptors (Lipinski definition) is 5. The molecule has 0 spiro atoms. The SMILES string of the molecule is CC(CO)N1CCCN(c2cnc3cc(F)c(F)cc3n2)CC1. The van der Waals surface area contributed by atoms with Crippen molar-refractivity contribution in [2.24, 2.45) is 0 Å². The van der Waals surface area contributed by atoms with Gasteiger partial charge in [0.25, 0.3) is 0 Å². The summed E-state index contributed by atoms with van der Waals surface area (Å²) in [6, 6.07) is 2.28. The number of fused-ring (bicyclic) bond motifs is 1. The van der Waals surface area contributed by atoms with E-state index in [4.69, 9.17) is 0 Å². The number of hydrogen-bond donors (Lipinski definition) is 1. The van der Waals surface area contributed by atoms with E-state index in [2.05, 4.69) is 19.8 Å². The summed E-state index contributed by atoms with van der Waals surface area (Å²) in [4.78, 5) is 13.0. The summed E-state index contributed by atoms with van der Waals surface area (Å²) in [5.41, 5.74) is 0.698. The summed E-state index contributed by atoms with van der Waals surface area (Å²) in [6.07, 6.45) is 2.55. The van der Waals surface area contributed by atoms with Crippen molar-refractivity contribution < 1.29 is 13.9 Å². The van der Waals surface area contributed by atoms with E-state index in [1.807, 2.05) is 6.92 Å². The second-order valence-electron chi connectivity index (χ2n) is 5.89. The van der Waals surface area contributed by atoms with Gasteiger partial charge in [0.15, 0.2) is 11.6 Å². The Balaban J connectivity index is 1.81. The van der Waals surface area contributed by atoms with Gasteiger partial charge in [0.2, 0.25) is 0 Å². The van der Waals surface area contributed by atoms with Crippen LogP contribution in [0.15, 0.2) is 18.3 Å². The van der Waals surface area contributed by atoms with E-state index in [-0.39, 0.29) is 12.6 Å². The summed E-state index contributed by atoms with van der Waals surface area (Å²) in [5, 5.41) is 9.28. The average molecular weight is 322 g/mol. The molecule has 1 aromatic heterocycles. The third-order valence-electron chi connectivity index (χ3n) is 4.31. The smallest absolute Gasteiger partial charge is 0.161 e. The maximum atomic E-state index is 13.4. The number of rotatable bonds is 3.